The molecule has 0 aliphatic heterocycles. The van der Waals surface area contributed by atoms with Gasteiger partial charge in [0, 0.05) is 16.2 Å². The van der Waals surface area contributed by atoms with Crippen molar-refractivity contribution in [1.29, 1.82) is 5.26 Å². The van der Waals surface area contributed by atoms with Crippen molar-refractivity contribution in [1.82, 2.24) is 0 Å². The minimum absolute atomic E-state index is 0.190. The molecule has 1 aliphatic rings. The van der Waals surface area contributed by atoms with Crippen molar-refractivity contribution < 1.29 is 9.90 Å². The predicted octanol–water partition coefficient (Wildman–Crippen LogP) is 2.99. The molecule has 0 amide bonds. The van der Waals surface area contributed by atoms with Gasteiger partial charge in [-0.15, -0.1) is 0 Å². The molecule has 2 rings (SSSR count). The number of nitrogens with one attached hydrogen (secondary N) is 1. The number of carbonyl (C=O) groups is 1. The standard InChI is InChI=1S/C13H13BrN2O2/c14-11-5-8(7-15)1-4-12(11)16-10-3-2-9(6-10)13(17)18/h1,4-5,9-10,16H,2-3,6H2,(H,17,18). The minimum Gasteiger partial charge on any atom is -0.481 e. The number of nitriles is 1. The van der Waals surface area contributed by atoms with Crippen molar-refractivity contribution in [3.8, 4) is 6.07 Å². The van der Waals surface area contributed by atoms with E-state index in [9.17, 15) is 4.79 Å². The van der Waals surface area contributed by atoms with Crippen LogP contribution in [0.2, 0.25) is 0 Å². The summed E-state index contributed by atoms with van der Waals surface area (Å²) in [5.41, 5.74) is 1.51. The van der Waals surface area contributed by atoms with Crippen molar-refractivity contribution >= 4 is 27.6 Å². The van der Waals surface area contributed by atoms with Crippen LogP contribution in [0.15, 0.2) is 22.7 Å². The van der Waals surface area contributed by atoms with E-state index in [4.69, 9.17) is 10.4 Å². The van der Waals surface area contributed by atoms with E-state index >= 15 is 0 Å². The van der Waals surface area contributed by atoms with Gasteiger partial charge in [-0.2, -0.15) is 5.26 Å². The summed E-state index contributed by atoms with van der Waals surface area (Å²) in [6, 6.07) is 7.61. The van der Waals surface area contributed by atoms with Gasteiger partial charge in [0.15, 0.2) is 0 Å². The van der Waals surface area contributed by atoms with Crippen molar-refractivity contribution in [3.63, 3.8) is 0 Å². The van der Waals surface area contributed by atoms with Crippen LogP contribution in [-0.4, -0.2) is 17.1 Å². The van der Waals surface area contributed by atoms with Gasteiger partial charge in [0.1, 0.15) is 0 Å². The number of benzene rings is 1. The van der Waals surface area contributed by atoms with E-state index in [1.54, 1.807) is 12.1 Å². The Kier molecular flexibility index (Phi) is 3.87. The molecule has 5 heteroatoms. The molecule has 2 unspecified atom stereocenters. The van der Waals surface area contributed by atoms with Crippen LogP contribution in [0.4, 0.5) is 5.69 Å². The van der Waals surface area contributed by atoms with Gasteiger partial charge in [0.25, 0.3) is 0 Å². The molecule has 1 aliphatic carbocycles. The van der Waals surface area contributed by atoms with Gasteiger partial charge in [-0.25, -0.2) is 0 Å². The van der Waals surface area contributed by atoms with E-state index in [1.165, 1.54) is 0 Å². The zero-order chi connectivity index (χ0) is 13.1. The number of rotatable bonds is 3. The highest BCUT2D eigenvalue weighted by atomic mass is 79.9. The second-order valence-electron chi connectivity index (χ2n) is 4.50. The third-order valence-electron chi connectivity index (χ3n) is 3.24. The quantitative estimate of drug-likeness (QED) is 0.900. The van der Waals surface area contributed by atoms with Crippen LogP contribution < -0.4 is 5.32 Å². The van der Waals surface area contributed by atoms with Gasteiger partial charge in [0.05, 0.1) is 17.6 Å². The number of aliphatic carboxylic acids is 1. The minimum atomic E-state index is -0.710. The van der Waals surface area contributed by atoms with Gasteiger partial charge >= 0.3 is 5.97 Å². The molecule has 0 spiro atoms. The molecule has 1 aromatic carbocycles. The Hall–Kier alpha value is -1.54. The van der Waals surface area contributed by atoms with Gasteiger partial charge in [-0.05, 0) is 53.4 Å². The summed E-state index contributed by atoms with van der Waals surface area (Å²) in [4.78, 5) is 10.9. The summed E-state index contributed by atoms with van der Waals surface area (Å²) >= 11 is 3.41. The Morgan fingerprint density at radius 1 is 1.50 bits per heavy atom. The third-order valence-corrected chi connectivity index (χ3v) is 3.90. The van der Waals surface area contributed by atoms with Crippen LogP contribution in [0.3, 0.4) is 0 Å². The largest absolute Gasteiger partial charge is 0.481 e. The molecule has 1 aromatic rings. The number of hydrogen-bond donors (Lipinski definition) is 2. The van der Waals surface area contributed by atoms with E-state index in [1.807, 2.05) is 6.07 Å². The van der Waals surface area contributed by atoms with Crippen LogP contribution in [0.25, 0.3) is 0 Å². The summed E-state index contributed by atoms with van der Waals surface area (Å²) in [5, 5.41) is 21.0. The molecular formula is C13H13BrN2O2. The second kappa shape index (κ2) is 5.40. The fourth-order valence-corrected chi connectivity index (χ4v) is 2.75. The average Bonchev–Trinajstić information content (AvgIpc) is 2.80. The maximum atomic E-state index is 10.9. The third kappa shape index (κ3) is 2.82. The van der Waals surface area contributed by atoms with Crippen molar-refractivity contribution in [2.24, 2.45) is 5.92 Å². The zero-order valence-corrected chi connectivity index (χ0v) is 11.3. The Labute approximate surface area is 114 Å². The Morgan fingerprint density at radius 2 is 2.28 bits per heavy atom. The van der Waals surface area contributed by atoms with Crippen LogP contribution in [0, 0.1) is 17.2 Å². The van der Waals surface area contributed by atoms with Crippen LogP contribution in [0.1, 0.15) is 24.8 Å². The van der Waals surface area contributed by atoms with Crippen LogP contribution in [-0.2, 0) is 4.79 Å². The first-order chi connectivity index (χ1) is 8.60. The Balaban J connectivity index is 2.03. The molecule has 0 radical (unpaired) electrons. The lowest BCUT2D eigenvalue weighted by atomic mass is 10.1. The van der Waals surface area contributed by atoms with E-state index in [0.717, 1.165) is 23.0 Å². The average molecular weight is 309 g/mol. The predicted molar refractivity (Wildman–Crippen MR) is 71.2 cm³/mol. The number of halogens is 1. The van der Waals surface area contributed by atoms with Gasteiger partial charge in [-0.1, -0.05) is 0 Å². The molecule has 0 bridgehead atoms. The van der Waals surface area contributed by atoms with Crippen molar-refractivity contribution in [3.05, 3.63) is 28.2 Å². The summed E-state index contributed by atoms with van der Waals surface area (Å²) in [6.07, 6.45) is 2.24. The van der Waals surface area contributed by atoms with E-state index in [-0.39, 0.29) is 12.0 Å². The first-order valence-corrected chi connectivity index (χ1v) is 6.58. The monoisotopic (exact) mass is 308 g/mol. The summed E-state index contributed by atoms with van der Waals surface area (Å²) < 4.78 is 0.834. The fourth-order valence-electron chi connectivity index (χ4n) is 2.26. The van der Waals surface area contributed by atoms with Crippen LogP contribution in [0.5, 0.6) is 0 Å². The molecule has 18 heavy (non-hydrogen) atoms. The SMILES string of the molecule is N#Cc1ccc(NC2CCC(C(=O)O)C2)c(Br)c1. The number of nitrogens with zero attached hydrogens (tertiary/aromatic N) is 1. The molecular weight excluding hydrogens is 296 g/mol. The highest BCUT2D eigenvalue weighted by Crippen LogP contribution is 2.31. The van der Waals surface area contributed by atoms with Crippen LogP contribution >= 0.6 is 15.9 Å². The number of carboxylic acid groups (broad SMARTS) is 1. The number of hydrogen-bond acceptors (Lipinski definition) is 3. The first-order valence-electron chi connectivity index (χ1n) is 5.79. The maximum Gasteiger partial charge on any atom is 0.306 e. The molecule has 1 saturated carbocycles. The molecule has 2 N–H and O–H groups in total. The smallest absolute Gasteiger partial charge is 0.306 e. The topological polar surface area (TPSA) is 73.1 Å². The molecule has 0 heterocycles. The summed E-state index contributed by atoms with van der Waals surface area (Å²) in [7, 11) is 0. The van der Waals surface area contributed by atoms with E-state index < -0.39 is 5.97 Å². The molecule has 4 nitrogen and oxygen atoms in total. The summed E-state index contributed by atoms with van der Waals surface area (Å²) in [5.74, 6) is -0.946. The highest BCUT2D eigenvalue weighted by Gasteiger charge is 2.29. The molecule has 0 saturated heterocycles. The molecule has 2 atom stereocenters. The maximum absolute atomic E-state index is 10.9. The normalized spacial score (nSPS) is 22.4. The Bertz CT molecular complexity index is 510. The number of carboxylic acids is 1. The van der Waals surface area contributed by atoms with Crippen molar-refractivity contribution in [2.45, 2.75) is 25.3 Å². The number of anilines is 1. The lowest BCUT2D eigenvalue weighted by Crippen LogP contribution is -2.18. The lowest BCUT2D eigenvalue weighted by Gasteiger charge is -2.15. The van der Waals surface area contributed by atoms with Gasteiger partial charge < -0.3 is 10.4 Å². The second-order valence-corrected chi connectivity index (χ2v) is 5.35. The van der Waals surface area contributed by atoms with Gasteiger partial charge in [-0.3, -0.25) is 4.79 Å². The Morgan fingerprint density at radius 3 is 2.83 bits per heavy atom. The zero-order valence-electron chi connectivity index (χ0n) is 9.69. The molecule has 0 aromatic heterocycles. The van der Waals surface area contributed by atoms with E-state index in [2.05, 4.69) is 27.3 Å². The van der Waals surface area contributed by atoms with Crippen molar-refractivity contribution in [2.75, 3.05) is 5.32 Å². The van der Waals surface area contributed by atoms with Gasteiger partial charge in [0.2, 0.25) is 0 Å². The highest BCUT2D eigenvalue weighted by molar-refractivity contribution is 9.10. The summed E-state index contributed by atoms with van der Waals surface area (Å²) in [6.45, 7) is 0. The fraction of sp³-hybridized carbons (Fsp3) is 0.385. The first kappa shape index (κ1) is 12.9. The lowest BCUT2D eigenvalue weighted by molar-refractivity contribution is -0.141. The van der Waals surface area contributed by atoms with E-state index in [0.29, 0.717) is 12.0 Å². The molecule has 1 fully saturated rings. The molecule has 94 valence electrons.